The predicted molar refractivity (Wildman–Crippen MR) is 123 cm³/mol. The van der Waals surface area contributed by atoms with Crippen molar-refractivity contribution >= 4 is 16.9 Å². The molecule has 0 radical (unpaired) electrons. The number of oxazole rings is 1. The third-order valence-corrected chi connectivity index (χ3v) is 6.52. The van der Waals surface area contributed by atoms with Crippen LogP contribution in [0.2, 0.25) is 0 Å². The summed E-state index contributed by atoms with van der Waals surface area (Å²) in [6, 6.07) is 6.61. The molecule has 4 rings (SSSR count). The third-order valence-electron chi connectivity index (χ3n) is 6.52. The molecule has 5 nitrogen and oxygen atoms in total. The molecule has 1 fully saturated rings. The Kier molecular flexibility index (Phi) is 6.60. The van der Waals surface area contributed by atoms with Crippen LogP contribution in [0.5, 0.6) is 5.75 Å². The molecule has 1 unspecified atom stereocenters. The lowest BCUT2D eigenvalue weighted by Crippen LogP contribution is -2.28. The smallest absolute Gasteiger partial charge is 0.197 e. The number of nitrogens with one attached hydrogen (secondary N) is 1. The molecule has 0 aliphatic carbocycles. The van der Waals surface area contributed by atoms with Gasteiger partial charge in [0.2, 0.25) is 0 Å². The number of aryl methyl sites for hydroxylation is 2. The van der Waals surface area contributed by atoms with Crippen molar-refractivity contribution < 1.29 is 18.3 Å². The van der Waals surface area contributed by atoms with Gasteiger partial charge >= 0.3 is 0 Å². The normalized spacial score (nSPS) is 15.8. The number of ether oxygens (including phenoxy) is 1. The van der Waals surface area contributed by atoms with E-state index in [1.54, 1.807) is 6.92 Å². The maximum absolute atomic E-state index is 13.3. The summed E-state index contributed by atoms with van der Waals surface area (Å²) < 4.78 is 25.7. The fourth-order valence-electron chi connectivity index (χ4n) is 4.78. The second kappa shape index (κ2) is 9.41. The monoisotopic (exact) mass is 438 g/mol. The van der Waals surface area contributed by atoms with Gasteiger partial charge in [0.1, 0.15) is 11.3 Å². The van der Waals surface area contributed by atoms with Gasteiger partial charge in [0.15, 0.2) is 23.0 Å². The molecule has 0 amide bonds. The Balaban J connectivity index is 1.70. The molecule has 6 heteroatoms. The number of fused-ring (bicyclic) bond motifs is 1. The molecule has 2 aromatic carbocycles. The number of nitrogens with zero attached hydrogens (tertiary/aromatic N) is 1. The Labute approximate surface area is 188 Å². The van der Waals surface area contributed by atoms with Gasteiger partial charge in [-0.3, -0.25) is 4.79 Å². The Bertz CT molecular complexity index is 1110. The van der Waals surface area contributed by atoms with Gasteiger partial charge in [-0.05, 0) is 81.3 Å². The first-order chi connectivity index (χ1) is 15.4. The van der Waals surface area contributed by atoms with Gasteiger partial charge in [-0.25, -0.2) is 9.37 Å². The second-order valence-electron chi connectivity index (χ2n) is 8.82. The molecule has 1 aliphatic rings. The first kappa shape index (κ1) is 22.5. The summed E-state index contributed by atoms with van der Waals surface area (Å²) >= 11 is 0. The Hall–Kier alpha value is -2.73. The fraction of sp³-hybridized carbons (Fsp3) is 0.462. The number of piperidine rings is 1. The van der Waals surface area contributed by atoms with Crippen LogP contribution in [0.15, 0.2) is 28.7 Å². The van der Waals surface area contributed by atoms with E-state index in [-0.39, 0.29) is 23.4 Å². The molecule has 32 heavy (non-hydrogen) atoms. The molecule has 3 aromatic rings. The minimum absolute atomic E-state index is 0.0307. The van der Waals surface area contributed by atoms with Crippen LogP contribution in [0, 0.1) is 19.7 Å². The van der Waals surface area contributed by atoms with Crippen LogP contribution >= 0.6 is 0 Å². The molecule has 2 heterocycles. The van der Waals surface area contributed by atoms with Crippen LogP contribution in [0.25, 0.3) is 11.1 Å². The SMILES string of the molecule is CC(=O)c1c(C2CCNCC2)c(OCCC(C)c2ccc(F)cc2)c2oc(C)nc2c1C. The molecular weight excluding hydrogens is 407 g/mol. The van der Waals surface area contributed by atoms with E-state index in [0.717, 1.165) is 54.6 Å². The summed E-state index contributed by atoms with van der Waals surface area (Å²) in [5.41, 5.74) is 4.96. The highest BCUT2D eigenvalue weighted by Crippen LogP contribution is 2.43. The van der Waals surface area contributed by atoms with Crippen LogP contribution in [-0.4, -0.2) is 30.5 Å². The van der Waals surface area contributed by atoms with Crippen molar-refractivity contribution in [1.82, 2.24) is 10.3 Å². The van der Waals surface area contributed by atoms with Crippen LogP contribution in [0.3, 0.4) is 0 Å². The van der Waals surface area contributed by atoms with Crippen LogP contribution < -0.4 is 10.1 Å². The lowest BCUT2D eigenvalue weighted by Gasteiger charge is -2.28. The molecule has 0 spiro atoms. The number of aromatic nitrogens is 1. The molecule has 1 atom stereocenters. The van der Waals surface area contributed by atoms with Gasteiger partial charge in [-0.15, -0.1) is 0 Å². The van der Waals surface area contributed by atoms with Crippen molar-refractivity contribution in [3.63, 3.8) is 0 Å². The van der Waals surface area contributed by atoms with Crippen molar-refractivity contribution in [3.05, 3.63) is 58.2 Å². The molecule has 1 N–H and O–H groups in total. The summed E-state index contributed by atoms with van der Waals surface area (Å²) in [6.45, 7) is 9.78. The van der Waals surface area contributed by atoms with Crippen molar-refractivity contribution in [2.45, 2.75) is 58.8 Å². The van der Waals surface area contributed by atoms with Crippen LogP contribution in [-0.2, 0) is 0 Å². The van der Waals surface area contributed by atoms with Crippen molar-refractivity contribution in [2.75, 3.05) is 19.7 Å². The number of benzene rings is 2. The summed E-state index contributed by atoms with van der Waals surface area (Å²) in [4.78, 5) is 17.3. The molecule has 1 aliphatic heterocycles. The number of carbonyl (C=O) groups is 1. The molecule has 1 saturated heterocycles. The number of hydrogen-bond donors (Lipinski definition) is 1. The number of carbonyl (C=O) groups excluding carboxylic acids is 1. The average Bonchev–Trinajstić information content (AvgIpc) is 3.17. The average molecular weight is 439 g/mol. The fourth-order valence-corrected chi connectivity index (χ4v) is 4.78. The van der Waals surface area contributed by atoms with E-state index in [2.05, 4.69) is 17.2 Å². The maximum atomic E-state index is 13.3. The Morgan fingerprint density at radius 1 is 1.25 bits per heavy atom. The third kappa shape index (κ3) is 4.42. The lowest BCUT2D eigenvalue weighted by molar-refractivity contribution is 0.101. The number of ketones is 1. The van der Waals surface area contributed by atoms with Crippen LogP contribution in [0.4, 0.5) is 4.39 Å². The number of Topliss-reactive ketones (excluding diaryl/α,β-unsaturated/α-hetero) is 1. The van der Waals surface area contributed by atoms with Crippen molar-refractivity contribution in [1.29, 1.82) is 0 Å². The van der Waals surface area contributed by atoms with E-state index in [9.17, 15) is 9.18 Å². The molecule has 1 aromatic heterocycles. The van der Waals surface area contributed by atoms with Gasteiger partial charge in [-0.1, -0.05) is 19.1 Å². The van der Waals surface area contributed by atoms with Gasteiger partial charge in [-0.2, -0.15) is 0 Å². The van der Waals surface area contributed by atoms with Gasteiger partial charge < -0.3 is 14.5 Å². The quantitative estimate of drug-likeness (QED) is 0.471. The van der Waals surface area contributed by atoms with Crippen molar-refractivity contribution in [2.24, 2.45) is 0 Å². The highest BCUT2D eigenvalue weighted by atomic mass is 19.1. The number of rotatable bonds is 7. The minimum Gasteiger partial charge on any atom is -0.489 e. The zero-order valence-corrected chi connectivity index (χ0v) is 19.3. The van der Waals surface area contributed by atoms with Gasteiger partial charge in [0, 0.05) is 18.1 Å². The number of halogens is 1. The summed E-state index contributed by atoms with van der Waals surface area (Å²) in [5.74, 6) is 1.46. The number of hydrogen-bond acceptors (Lipinski definition) is 5. The minimum atomic E-state index is -0.233. The Morgan fingerprint density at radius 2 is 1.94 bits per heavy atom. The highest BCUT2D eigenvalue weighted by molar-refractivity contribution is 6.03. The first-order valence-corrected chi connectivity index (χ1v) is 11.4. The summed E-state index contributed by atoms with van der Waals surface area (Å²) in [5, 5.41) is 3.40. The zero-order chi connectivity index (χ0) is 22.8. The molecular formula is C26H31FN2O3. The Morgan fingerprint density at radius 3 is 2.59 bits per heavy atom. The standard InChI is InChI=1S/C26H31FN2O3/c1-15(19-5-7-21(27)8-6-19)11-14-31-25-23(20-9-12-28-13-10-20)22(17(3)30)16(2)24-26(25)32-18(4)29-24/h5-8,15,20,28H,9-14H2,1-4H3. The van der Waals surface area contributed by atoms with E-state index >= 15 is 0 Å². The summed E-state index contributed by atoms with van der Waals surface area (Å²) in [7, 11) is 0. The van der Waals surface area contributed by atoms with Gasteiger partial charge in [0.05, 0.1) is 6.61 Å². The van der Waals surface area contributed by atoms with Crippen LogP contribution in [0.1, 0.15) is 77.9 Å². The second-order valence-corrected chi connectivity index (χ2v) is 8.82. The largest absolute Gasteiger partial charge is 0.489 e. The van der Waals surface area contributed by atoms with Gasteiger partial charge in [0.25, 0.3) is 0 Å². The zero-order valence-electron chi connectivity index (χ0n) is 19.3. The molecule has 0 saturated carbocycles. The van der Waals surface area contributed by atoms with E-state index in [1.165, 1.54) is 12.1 Å². The van der Waals surface area contributed by atoms with E-state index in [0.29, 0.717) is 29.3 Å². The summed E-state index contributed by atoms with van der Waals surface area (Å²) in [6.07, 6.45) is 2.65. The topological polar surface area (TPSA) is 64.4 Å². The van der Waals surface area contributed by atoms with E-state index in [4.69, 9.17) is 9.15 Å². The first-order valence-electron chi connectivity index (χ1n) is 11.4. The lowest BCUT2D eigenvalue weighted by atomic mass is 9.83. The molecule has 0 bridgehead atoms. The maximum Gasteiger partial charge on any atom is 0.197 e. The molecule has 170 valence electrons. The van der Waals surface area contributed by atoms with E-state index in [1.807, 2.05) is 26.0 Å². The van der Waals surface area contributed by atoms with Crippen molar-refractivity contribution in [3.8, 4) is 5.75 Å². The predicted octanol–water partition coefficient (Wildman–Crippen LogP) is 5.83. The highest BCUT2D eigenvalue weighted by Gasteiger charge is 2.30. The van der Waals surface area contributed by atoms with E-state index < -0.39 is 0 Å².